The zero-order chi connectivity index (χ0) is 10.3. The SMILES string of the molecule is CC(C)(C)C(=O)OC1CC1(C)C#N. The van der Waals surface area contributed by atoms with E-state index in [9.17, 15) is 4.79 Å². The van der Waals surface area contributed by atoms with Gasteiger partial charge in [-0.05, 0) is 27.7 Å². The minimum absolute atomic E-state index is 0.191. The monoisotopic (exact) mass is 181 g/mol. The van der Waals surface area contributed by atoms with Crippen LogP contribution in [0.4, 0.5) is 0 Å². The van der Waals surface area contributed by atoms with Crippen LogP contribution in [0.2, 0.25) is 0 Å². The van der Waals surface area contributed by atoms with Crippen molar-refractivity contribution in [2.75, 3.05) is 0 Å². The van der Waals surface area contributed by atoms with Gasteiger partial charge in [-0.25, -0.2) is 0 Å². The van der Waals surface area contributed by atoms with E-state index in [2.05, 4.69) is 6.07 Å². The normalized spacial score (nSPS) is 32.1. The Kier molecular flexibility index (Phi) is 2.11. The number of nitriles is 1. The van der Waals surface area contributed by atoms with E-state index in [1.165, 1.54) is 0 Å². The molecule has 0 aliphatic heterocycles. The predicted octanol–water partition coefficient (Wildman–Crippen LogP) is 1.88. The Morgan fingerprint density at radius 3 is 2.46 bits per heavy atom. The van der Waals surface area contributed by atoms with Crippen molar-refractivity contribution in [2.24, 2.45) is 10.8 Å². The van der Waals surface area contributed by atoms with Crippen molar-refractivity contribution in [3.8, 4) is 6.07 Å². The lowest BCUT2D eigenvalue weighted by molar-refractivity contribution is -0.155. The molecule has 0 saturated heterocycles. The summed E-state index contributed by atoms with van der Waals surface area (Å²) in [5, 5.41) is 8.71. The summed E-state index contributed by atoms with van der Waals surface area (Å²) in [5.41, 5.74) is -0.903. The highest BCUT2D eigenvalue weighted by molar-refractivity contribution is 5.75. The topological polar surface area (TPSA) is 50.1 Å². The number of hydrogen-bond acceptors (Lipinski definition) is 3. The minimum atomic E-state index is -0.473. The maximum absolute atomic E-state index is 11.4. The molecule has 1 aliphatic rings. The van der Waals surface area contributed by atoms with Gasteiger partial charge in [-0.15, -0.1) is 0 Å². The number of esters is 1. The maximum atomic E-state index is 11.4. The first-order valence-electron chi connectivity index (χ1n) is 4.42. The van der Waals surface area contributed by atoms with Crippen LogP contribution in [-0.4, -0.2) is 12.1 Å². The molecule has 0 aromatic rings. The first kappa shape index (κ1) is 10.0. The highest BCUT2D eigenvalue weighted by atomic mass is 16.6. The van der Waals surface area contributed by atoms with Gasteiger partial charge < -0.3 is 4.74 Å². The van der Waals surface area contributed by atoms with Crippen molar-refractivity contribution in [1.29, 1.82) is 5.26 Å². The molecule has 0 radical (unpaired) electrons. The van der Waals surface area contributed by atoms with Crippen LogP contribution >= 0.6 is 0 Å². The van der Waals surface area contributed by atoms with Crippen molar-refractivity contribution >= 4 is 5.97 Å². The fourth-order valence-corrected chi connectivity index (χ4v) is 0.922. The van der Waals surface area contributed by atoms with Gasteiger partial charge in [0, 0.05) is 6.42 Å². The maximum Gasteiger partial charge on any atom is 0.311 e. The predicted molar refractivity (Wildman–Crippen MR) is 47.7 cm³/mol. The van der Waals surface area contributed by atoms with Crippen molar-refractivity contribution in [2.45, 2.75) is 40.2 Å². The summed E-state index contributed by atoms with van der Waals surface area (Å²) in [7, 11) is 0. The molecule has 0 aromatic carbocycles. The van der Waals surface area contributed by atoms with Crippen LogP contribution in [0.25, 0.3) is 0 Å². The smallest absolute Gasteiger partial charge is 0.311 e. The first-order valence-corrected chi connectivity index (χ1v) is 4.42. The molecule has 3 nitrogen and oxygen atoms in total. The summed E-state index contributed by atoms with van der Waals surface area (Å²) >= 11 is 0. The third-order valence-electron chi connectivity index (χ3n) is 2.28. The quantitative estimate of drug-likeness (QED) is 0.580. The van der Waals surface area contributed by atoms with Crippen molar-refractivity contribution in [3.05, 3.63) is 0 Å². The Balaban J connectivity index is 2.47. The van der Waals surface area contributed by atoms with E-state index in [1.54, 1.807) is 20.8 Å². The van der Waals surface area contributed by atoms with E-state index >= 15 is 0 Å². The van der Waals surface area contributed by atoms with Gasteiger partial charge in [0.1, 0.15) is 6.10 Å². The summed E-state index contributed by atoms with van der Waals surface area (Å²) in [6.45, 7) is 7.23. The molecule has 0 bridgehead atoms. The van der Waals surface area contributed by atoms with E-state index in [0.717, 1.165) is 0 Å². The van der Waals surface area contributed by atoms with E-state index in [1.807, 2.05) is 6.92 Å². The number of nitrogens with zero attached hydrogens (tertiary/aromatic N) is 1. The molecule has 1 aliphatic carbocycles. The number of ether oxygens (including phenoxy) is 1. The molecule has 3 heteroatoms. The third kappa shape index (κ3) is 2.00. The number of rotatable bonds is 1. The van der Waals surface area contributed by atoms with Crippen LogP contribution < -0.4 is 0 Å². The minimum Gasteiger partial charge on any atom is -0.460 e. The molecule has 0 amide bonds. The fraction of sp³-hybridized carbons (Fsp3) is 0.800. The third-order valence-corrected chi connectivity index (χ3v) is 2.28. The molecule has 0 spiro atoms. The Bertz CT molecular complexity index is 272. The number of carbonyl (C=O) groups is 1. The molecule has 13 heavy (non-hydrogen) atoms. The molecule has 2 atom stereocenters. The standard InChI is InChI=1S/C10H15NO2/c1-9(2,3)8(12)13-7-5-10(7,4)6-11/h7H,5H2,1-4H3. The first-order chi connectivity index (χ1) is 5.79. The van der Waals surface area contributed by atoms with Gasteiger partial charge in [0.15, 0.2) is 0 Å². The highest BCUT2D eigenvalue weighted by Crippen LogP contribution is 2.47. The molecule has 2 unspecified atom stereocenters. The Morgan fingerprint density at radius 1 is 1.62 bits per heavy atom. The van der Waals surface area contributed by atoms with Gasteiger partial charge in [0.2, 0.25) is 0 Å². The van der Waals surface area contributed by atoms with Crippen LogP contribution in [0.15, 0.2) is 0 Å². The molecule has 0 heterocycles. The van der Waals surface area contributed by atoms with E-state index in [0.29, 0.717) is 6.42 Å². The highest BCUT2D eigenvalue weighted by Gasteiger charge is 2.54. The lowest BCUT2D eigenvalue weighted by Gasteiger charge is -2.16. The van der Waals surface area contributed by atoms with E-state index in [-0.39, 0.29) is 12.1 Å². The Morgan fingerprint density at radius 2 is 2.15 bits per heavy atom. The second-order valence-electron chi connectivity index (χ2n) is 4.88. The fourth-order valence-electron chi connectivity index (χ4n) is 0.922. The molecular weight excluding hydrogens is 166 g/mol. The molecule has 1 saturated carbocycles. The summed E-state index contributed by atoms with van der Waals surface area (Å²) in [5.74, 6) is -0.225. The van der Waals surface area contributed by atoms with Crippen molar-refractivity contribution < 1.29 is 9.53 Å². The second-order valence-corrected chi connectivity index (χ2v) is 4.88. The zero-order valence-corrected chi connectivity index (χ0v) is 8.55. The van der Waals surface area contributed by atoms with Crippen molar-refractivity contribution in [1.82, 2.24) is 0 Å². The van der Waals surface area contributed by atoms with Gasteiger partial charge in [-0.1, -0.05) is 0 Å². The number of hydrogen-bond donors (Lipinski definition) is 0. The summed E-state index contributed by atoms with van der Waals surface area (Å²) in [6, 6.07) is 2.14. The molecule has 72 valence electrons. The zero-order valence-electron chi connectivity index (χ0n) is 8.55. The average molecular weight is 181 g/mol. The van der Waals surface area contributed by atoms with Gasteiger partial charge >= 0.3 is 5.97 Å². The van der Waals surface area contributed by atoms with Crippen LogP contribution in [0.3, 0.4) is 0 Å². The summed E-state index contributed by atoms with van der Waals surface area (Å²) in [6.07, 6.45) is 0.481. The van der Waals surface area contributed by atoms with Gasteiger partial charge in [-0.2, -0.15) is 5.26 Å². The Hall–Kier alpha value is -1.04. The van der Waals surface area contributed by atoms with E-state index in [4.69, 9.17) is 10.00 Å². The lowest BCUT2D eigenvalue weighted by atomic mass is 9.97. The van der Waals surface area contributed by atoms with Crippen LogP contribution in [0.5, 0.6) is 0 Å². The van der Waals surface area contributed by atoms with Crippen LogP contribution in [-0.2, 0) is 9.53 Å². The second kappa shape index (κ2) is 2.73. The van der Waals surface area contributed by atoms with Gasteiger partial charge in [0.05, 0.1) is 16.9 Å². The van der Waals surface area contributed by atoms with E-state index < -0.39 is 10.8 Å². The Labute approximate surface area is 78.7 Å². The molecule has 1 rings (SSSR count). The molecular formula is C10H15NO2. The summed E-state index contributed by atoms with van der Waals surface area (Å²) < 4.78 is 5.17. The van der Waals surface area contributed by atoms with Crippen LogP contribution in [0, 0.1) is 22.2 Å². The largest absolute Gasteiger partial charge is 0.460 e. The van der Waals surface area contributed by atoms with Gasteiger partial charge in [0.25, 0.3) is 0 Å². The molecule has 0 aromatic heterocycles. The van der Waals surface area contributed by atoms with Crippen LogP contribution in [0.1, 0.15) is 34.1 Å². The summed E-state index contributed by atoms with van der Waals surface area (Å²) in [4.78, 5) is 11.4. The van der Waals surface area contributed by atoms with Gasteiger partial charge in [-0.3, -0.25) is 4.79 Å². The molecule has 1 fully saturated rings. The van der Waals surface area contributed by atoms with Crippen molar-refractivity contribution in [3.63, 3.8) is 0 Å². The average Bonchev–Trinajstić information content (AvgIpc) is 2.61. The lowest BCUT2D eigenvalue weighted by Crippen LogP contribution is -2.25. The molecule has 0 N–H and O–H groups in total. The number of carbonyl (C=O) groups excluding carboxylic acids is 1.